The van der Waals surface area contributed by atoms with Crippen LogP contribution in [0.15, 0.2) is 29.4 Å². The summed E-state index contributed by atoms with van der Waals surface area (Å²) in [5.74, 6) is 0. The molecule has 0 spiro atoms. The summed E-state index contributed by atoms with van der Waals surface area (Å²) in [5, 5.41) is 11.6. The molecule has 14 heavy (non-hydrogen) atoms. The lowest BCUT2D eigenvalue weighted by molar-refractivity contribution is 0.319. The smallest absolute Gasteiger partial charge is 0.0765 e. The third-order valence-electron chi connectivity index (χ3n) is 2.19. The van der Waals surface area contributed by atoms with Crippen LogP contribution in [0.2, 0.25) is 0 Å². The first-order valence-electron chi connectivity index (χ1n) is 4.58. The van der Waals surface area contributed by atoms with Gasteiger partial charge in [0, 0.05) is 0 Å². The highest BCUT2D eigenvalue weighted by atomic mass is 16.4. The molecule has 0 heterocycles. The van der Waals surface area contributed by atoms with E-state index in [4.69, 9.17) is 5.21 Å². The number of hydrogen-bond acceptors (Lipinski definition) is 2. The normalized spacial score (nSPS) is 12.4. The van der Waals surface area contributed by atoms with Crippen LogP contribution in [0.5, 0.6) is 0 Å². The van der Waals surface area contributed by atoms with Gasteiger partial charge in [-0.25, -0.2) is 0 Å². The molecule has 0 aromatic heterocycles. The molecular weight excluding hydrogens is 174 g/mol. The standard InChI is InChI=1S/C12H15NO/c1-9-5-4-6-10(2)12(9)8-7-11(3)13-14/h4-8,14H,1-3H3/b8-7+,13-11+. The van der Waals surface area contributed by atoms with Crippen LogP contribution in [0.1, 0.15) is 23.6 Å². The lowest BCUT2D eigenvalue weighted by Gasteiger charge is -2.03. The number of rotatable bonds is 2. The van der Waals surface area contributed by atoms with E-state index in [0.29, 0.717) is 5.71 Å². The number of allylic oxidation sites excluding steroid dienone is 1. The van der Waals surface area contributed by atoms with Crippen molar-refractivity contribution < 1.29 is 5.21 Å². The van der Waals surface area contributed by atoms with Gasteiger partial charge in [0.1, 0.15) is 0 Å². The van der Waals surface area contributed by atoms with Crippen LogP contribution in [0, 0.1) is 13.8 Å². The predicted octanol–water partition coefficient (Wildman–Crippen LogP) is 3.17. The topological polar surface area (TPSA) is 32.6 Å². The van der Waals surface area contributed by atoms with Crippen molar-refractivity contribution in [3.05, 3.63) is 41.0 Å². The van der Waals surface area contributed by atoms with E-state index in [9.17, 15) is 0 Å². The Morgan fingerprint density at radius 1 is 1.29 bits per heavy atom. The number of aryl methyl sites for hydroxylation is 2. The highest BCUT2D eigenvalue weighted by Crippen LogP contribution is 2.14. The fraction of sp³-hybridized carbons (Fsp3) is 0.250. The zero-order valence-corrected chi connectivity index (χ0v) is 8.78. The van der Waals surface area contributed by atoms with E-state index in [0.717, 1.165) is 0 Å². The molecule has 74 valence electrons. The summed E-state index contributed by atoms with van der Waals surface area (Å²) < 4.78 is 0. The maximum Gasteiger partial charge on any atom is 0.0765 e. The van der Waals surface area contributed by atoms with Gasteiger partial charge in [-0.1, -0.05) is 29.4 Å². The second-order valence-electron chi connectivity index (χ2n) is 3.38. The molecule has 0 unspecified atom stereocenters. The van der Waals surface area contributed by atoms with Crippen molar-refractivity contribution in [1.29, 1.82) is 0 Å². The van der Waals surface area contributed by atoms with Gasteiger partial charge in [0.15, 0.2) is 0 Å². The van der Waals surface area contributed by atoms with Crippen LogP contribution in [-0.2, 0) is 0 Å². The van der Waals surface area contributed by atoms with Gasteiger partial charge >= 0.3 is 0 Å². The first kappa shape index (κ1) is 10.5. The van der Waals surface area contributed by atoms with Crippen LogP contribution in [0.25, 0.3) is 6.08 Å². The van der Waals surface area contributed by atoms with Gasteiger partial charge in [0.2, 0.25) is 0 Å². The summed E-state index contributed by atoms with van der Waals surface area (Å²) in [6.45, 7) is 5.89. The maximum absolute atomic E-state index is 8.49. The summed E-state index contributed by atoms with van der Waals surface area (Å²) in [6, 6.07) is 6.17. The minimum atomic E-state index is 0.604. The van der Waals surface area contributed by atoms with Crippen molar-refractivity contribution in [1.82, 2.24) is 0 Å². The third-order valence-corrected chi connectivity index (χ3v) is 2.19. The van der Waals surface area contributed by atoms with E-state index >= 15 is 0 Å². The van der Waals surface area contributed by atoms with Gasteiger partial charge < -0.3 is 5.21 Å². The Labute approximate surface area is 84.6 Å². The zero-order chi connectivity index (χ0) is 10.6. The highest BCUT2D eigenvalue weighted by molar-refractivity contribution is 5.96. The molecule has 0 aliphatic carbocycles. The van der Waals surface area contributed by atoms with E-state index in [1.807, 2.05) is 12.1 Å². The molecule has 1 aromatic rings. The third kappa shape index (κ3) is 2.46. The van der Waals surface area contributed by atoms with Crippen LogP contribution in [0.3, 0.4) is 0 Å². The molecule has 1 rings (SSSR count). The molecule has 2 heteroatoms. The van der Waals surface area contributed by atoms with Crippen LogP contribution < -0.4 is 0 Å². The average molecular weight is 189 g/mol. The summed E-state index contributed by atoms with van der Waals surface area (Å²) in [6.07, 6.45) is 3.77. The highest BCUT2D eigenvalue weighted by Gasteiger charge is 1.96. The van der Waals surface area contributed by atoms with Gasteiger partial charge in [-0.2, -0.15) is 0 Å². The maximum atomic E-state index is 8.49. The van der Waals surface area contributed by atoms with Crippen molar-refractivity contribution in [3.63, 3.8) is 0 Å². The molecule has 1 aromatic carbocycles. The molecule has 0 saturated heterocycles. The summed E-state index contributed by atoms with van der Waals surface area (Å²) in [7, 11) is 0. The van der Waals surface area contributed by atoms with Crippen molar-refractivity contribution in [2.75, 3.05) is 0 Å². The van der Waals surface area contributed by atoms with Crippen molar-refractivity contribution in [3.8, 4) is 0 Å². The van der Waals surface area contributed by atoms with Gasteiger partial charge in [0.25, 0.3) is 0 Å². The minimum Gasteiger partial charge on any atom is -0.411 e. The Morgan fingerprint density at radius 3 is 2.36 bits per heavy atom. The van der Waals surface area contributed by atoms with Crippen molar-refractivity contribution in [2.45, 2.75) is 20.8 Å². The Morgan fingerprint density at radius 2 is 1.86 bits per heavy atom. The summed E-state index contributed by atoms with van der Waals surface area (Å²) in [5.41, 5.74) is 4.25. The molecule has 0 radical (unpaired) electrons. The average Bonchev–Trinajstić information content (AvgIpc) is 2.16. The molecule has 0 atom stereocenters. The Bertz CT molecular complexity index is 358. The lowest BCUT2D eigenvalue weighted by atomic mass is 10.0. The summed E-state index contributed by atoms with van der Waals surface area (Å²) >= 11 is 0. The SMILES string of the molecule is CC(/C=C/c1c(C)cccc1C)=N\O. The minimum absolute atomic E-state index is 0.604. The molecule has 1 N–H and O–H groups in total. The van der Waals surface area contributed by atoms with E-state index in [-0.39, 0.29) is 0 Å². The van der Waals surface area contributed by atoms with Gasteiger partial charge in [-0.3, -0.25) is 0 Å². The second-order valence-corrected chi connectivity index (χ2v) is 3.38. The van der Waals surface area contributed by atoms with E-state index in [1.165, 1.54) is 16.7 Å². The van der Waals surface area contributed by atoms with Crippen molar-refractivity contribution in [2.24, 2.45) is 5.16 Å². The number of oxime groups is 1. The molecule has 0 bridgehead atoms. The fourth-order valence-corrected chi connectivity index (χ4v) is 1.33. The quantitative estimate of drug-likeness (QED) is 0.432. The molecule has 2 nitrogen and oxygen atoms in total. The van der Waals surface area contributed by atoms with Crippen molar-refractivity contribution >= 4 is 11.8 Å². The fourth-order valence-electron chi connectivity index (χ4n) is 1.33. The monoisotopic (exact) mass is 189 g/mol. The van der Waals surface area contributed by atoms with E-state index < -0.39 is 0 Å². The summed E-state index contributed by atoms with van der Waals surface area (Å²) in [4.78, 5) is 0. The first-order chi connectivity index (χ1) is 6.65. The second kappa shape index (κ2) is 4.61. The molecule has 0 fully saturated rings. The van der Waals surface area contributed by atoms with Crippen LogP contribution in [-0.4, -0.2) is 10.9 Å². The first-order valence-corrected chi connectivity index (χ1v) is 4.58. The van der Waals surface area contributed by atoms with E-state index in [1.54, 1.807) is 13.0 Å². The van der Waals surface area contributed by atoms with Crippen LogP contribution >= 0.6 is 0 Å². The number of hydrogen-bond donors (Lipinski definition) is 1. The molecule has 0 aliphatic rings. The lowest BCUT2D eigenvalue weighted by Crippen LogP contribution is -1.87. The number of nitrogens with zero attached hydrogens (tertiary/aromatic N) is 1. The zero-order valence-electron chi connectivity index (χ0n) is 8.78. The van der Waals surface area contributed by atoms with Gasteiger partial charge in [0.05, 0.1) is 5.71 Å². The number of benzene rings is 1. The van der Waals surface area contributed by atoms with Gasteiger partial charge in [-0.05, 0) is 43.5 Å². The van der Waals surface area contributed by atoms with Crippen LogP contribution in [0.4, 0.5) is 0 Å². The predicted molar refractivity (Wildman–Crippen MR) is 59.8 cm³/mol. The molecule has 0 amide bonds. The molecule has 0 aliphatic heterocycles. The Balaban J connectivity index is 3.02. The largest absolute Gasteiger partial charge is 0.411 e. The van der Waals surface area contributed by atoms with Gasteiger partial charge in [-0.15, -0.1) is 0 Å². The molecule has 0 saturated carbocycles. The molecular formula is C12H15NO. The Kier molecular flexibility index (Phi) is 3.46. The Hall–Kier alpha value is -1.57. The van der Waals surface area contributed by atoms with E-state index in [2.05, 4.69) is 31.1 Å².